The van der Waals surface area contributed by atoms with Crippen LogP contribution in [0.25, 0.3) is 0 Å². The predicted molar refractivity (Wildman–Crippen MR) is 139 cm³/mol. The standard InChI is InChI=1S/C30H40O9/c1-6-7-8-9-15(2)10-11-21(32)39-23-22-17(4)24(33)30(36)27-28(5)18(16(3)12-19(31)25(28)34)13-20(38-26(23)35)29(22,27)14-37-30/h10,12,18,20,22-25,27,33-34,36H,4,6-9,11,13-14H2,1-3,5H3/b15-10+/t18-,20+,22-,23+,24-,25+,27-,28+,29-,30+/m0/s1. The van der Waals surface area contributed by atoms with Crippen LogP contribution in [0.3, 0.4) is 0 Å². The van der Waals surface area contributed by atoms with Crippen molar-refractivity contribution in [2.24, 2.45) is 28.6 Å². The van der Waals surface area contributed by atoms with Gasteiger partial charge in [-0.25, -0.2) is 4.79 Å². The minimum atomic E-state index is -2.17. The molecular formula is C30H40O9. The Hall–Kier alpha value is -2.33. The normalized spacial score (nSPS) is 44.8. The highest BCUT2D eigenvalue weighted by Gasteiger charge is 2.83. The number of ether oxygens (including phenoxy) is 3. The Morgan fingerprint density at radius 3 is 2.67 bits per heavy atom. The fourth-order valence-electron chi connectivity index (χ4n) is 8.50. The first kappa shape index (κ1) is 28.2. The molecule has 0 radical (unpaired) electrons. The van der Waals surface area contributed by atoms with Gasteiger partial charge in [0.15, 0.2) is 11.6 Å². The van der Waals surface area contributed by atoms with Gasteiger partial charge in [-0.15, -0.1) is 0 Å². The van der Waals surface area contributed by atoms with Crippen LogP contribution < -0.4 is 0 Å². The van der Waals surface area contributed by atoms with Crippen LogP contribution in [0.2, 0.25) is 0 Å². The van der Waals surface area contributed by atoms with Crippen molar-refractivity contribution in [3.63, 3.8) is 0 Å². The molecule has 214 valence electrons. The number of carbonyl (C=O) groups is 3. The molecule has 9 nitrogen and oxygen atoms in total. The van der Waals surface area contributed by atoms with Crippen molar-refractivity contribution in [1.82, 2.24) is 0 Å². The summed E-state index contributed by atoms with van der Waals surface area (Å²) in [5.41, 5.74) is -0.536. The zero-order valence-corrected chi connectivity index (χ0v) is 23.1. The predicted octanol–water partition coefficient (Wildman–Crippen LogP) is 2.52. The van der Waals surface area contributed by atoms with Crippen molar-refractivity contribution < 1.29 is 43.9 Å². The van der Waals surface area contributed by atoms with Crippen LogP contribution in [0.4, 0.5) is 0 Å². The van der Waals surface area contributed by atoms with Gasteiger partial charge in [0.2, 0.25) is 6.10 Å². The lowest BCUT2D eigenvalue weighted by atomic mass is 9.38. The van der Waals surface area contributed by atoms with Crippen molar-refractivity contribution in [2.75, 3.05) is 6.61 Å². The third kappa shape index (κ3) is 3.84. The Balaban J connectivity index is 1.52. The van der Waals surface area contributed by atoms with E-state index in [0.29, 0.717) is 5.57 Å². The molecule has 39 heavy (non-hydrogen) atoms. The van der Waals surface area contributed by atoms with Crippen LogP contribution in [0.15, 0.2) is 35.5 Å². The number of hydrogen-bond acceptors (Lipinski definition) is 9. The number of fused-ring (bicyclic) bond motifs is 1. The second kappa shape index (κ2) is 9.65. The molecule has 2 bridgehead atoms. The number of ketones is 1. The highest BCUT2D eigenvalue weighted by atomic mass is 16.7. The molecule has 0 amide bonds. The van der Waals surface area contributed by atoms with Gasteiger partial charge in [-0.2, -0.15) is 0 Å². The number of hydrogen-bond donors (Lipinski definition) is 3. The van der Waals surface area contributed by atoms with Gasteiger partial charge in [-0.1, -0.05) is 50.5 Å². The Morgan fingerprint density at radius 2 is 1.97 bits per heavy atom. The van der Waals surface area contributed by atoms with E-state index in [9.17, 15) is 29.7 Å². The molecule has 2 heterocycles. The van der Waals surface area contributed by atoms with Gasteiger partial charge < -0.3 is 29.5 Å². The Bertz CT molecular complexity index is 1160. The first-order valence-electron chi connectivity index (χ1n) is 14.0. The molecule has 4 fully saturated rings. The van der Waals surface area contributed by atoms with Gasteiger partial charge in [0.25, 0.3) is 0 Å². The van der Waals surface area contributed by atoms with E-state index in [-0.39, 0.29) is 25.0 Å². The van der Waals surface area contributed by atoms with Crippen LogP contribution in [0.5, 0.6) is 0 Å². The topological polar surface area (TPSA) is 140 Å². The second-order valence-electron chi connectivity index (χ2n) is 12.4. The van der Waals surface area contributed by atoms with Gasteiger partial charge in [0.05, 0.1) is 18.4 Å². The van der Waals surface area contributed by atoms with Crippen molar-refractivity contribution in [1.29, 1.82) is 0 Å². The quantitative estimate of drug-likeness (QED) is 0.251. The van der Waals surface area contributed by atoms with E-state index in [1.807, 2.05) is 6.92 Å². The first-order chi connectivity index (χ1) is 18.3. The van der Waals surface area contributed by atoms with E-state index in [4.69, 9.17) is 14.2 Å². The summed E-state index contributed by atoms with van der Waals surface area (Å²) < 4.78 is 17.6. The summed E-state index contributed by atoms with van der Waals surface area (Å²) in [6.07, 6.45) is 2.25. The Kier molecular flexibility index (Phi) is 6.98. The summed E-state index contributed by atoms with van der Waals surface area (Å²) in [7, 11) is 0. The number of aliphatic hydroxyl groups excluding tert-OH is 2. The maximum atomic E-state index is 13.4. The molecule has 0 aromatic heterocycles. The van der Waals surface area contributed by atoms with Gasteiger partial charge in [0.1, 0.15) is 18.3 Å². The number of aliphatic hydroxyl groups is 3. The fraction of sp³-hybridized carbons (Fsp3) is 0.700. The zero-order chi connectivity index (χ0) is 28.5. The molecule has 1 spiro atoms. The lowest BCUT2D eigenvalue weighted by Crippen LogP contribution is -2.76. The number of esters is 2. The van der Waals surface area contributed by atoms with Crippen molar-refractivity contribution >= 4 is 17.7 Å². The first-order valence-corrected chi connectivity index (χ1v) is 14.0. The number of allylic oxidation sites excluding steroid dienone is 2. The molecule has 2 saturated carbocycles. The Morgan fingerprint density at radius 1 is 1.26 bits per heavy atom. The van der Waals surface area contributed by atoms with E-state index in [1.165, 1.54) is 6.08 Å². The largest absolute Gasteiger partial charge is 0.459 e. The minimum Gasteiger partial charge on any atom is -0.459 e. The monoisotopic (exact) mass is 544 g/mol. The van der Waals surface area contributed by atoms with E-state index >= 15 is 0 Å². The average molecular weight is 545 g/mol. The van der Waals surface area contributed by atoms with Gasteiger partial charge >= 0.3 is 11.9 Å². The smallest absolute Gasteiger partial charge is 0.348 e. The highest BCUT2D eigenvalue weighted by Crippen LogP contribution is 2.73. The maximum absolute atomic E-state index is 13.4. The number of rotatable bonds is 7. The molecule has 2 saturated heterocycles. The molecule has 0 aromatic rings. The molecule has 3 N–H and O–H groups in total. The minimum absolute atomic E-state index is 0.0270. The number of carbonyl (C=O) groups excluding carboxylic acids is 3. The molecule has 5 aliphatic rings. The van der Waals surface area contributed by atoms with E-state index in [2.05, 4.69) is 13.5 Å². The Labute approximate surface area is 228 Å². The average Bonchev–Trinajstić information content (AvgIpc) is 3.17. The van der Waals surface area contributed by atoms with E-state index in [1.54, 1.807) is 19.9 Å². The van der Waals surface area contributed by atoms with Gasteiger partial charge in [-0.3, -0.25) is 9.59 Å². The van der Waals surface area contributed by atoms with Crippen molar-refractivity contribution in [3.8, 4) is 0 Å². The summed E-state index contributed by atoms with van der Waals surface area (Å²) in [5, 5.41) is 34.5. The maximum Gasteiger partial charge on any atom is 0.348 e. The molecule has 3 aliphatic carbocycles. The molecule has 9 heteroatoms. The van der Waals surface area contributed by atoms with Crippen LogP contribution >= 0.6 is 0 Å². The lowest BCUT2D eigenvalue weighted by molar-refractivity contribution is -0.311. The molecule has 10 atom stereocenters. The summed E-state index contributed by atoms with van der Waals surface area (Å²) in [6.45, 7) is 11.5. The fourth-order valence-corrected chi connectivity index (χ4v) is 8.50. The third-order valence-corrected chi connectivity index (χ3v) is 10.3. The zero-order valence-electron chi connectivity index (χ0n) is 23.1. The summed E-state index contributed by atoms with van der Waals surface area (Å²) in [4.78, 5) is 39.2. The van der Waals surface area contributed by atoms with Crippen LogP contribution in [0, 0.1) is 28.6 Å². The number of unbranched alkanes of at least 4 members (excludes halogenated alkanes) is 2. The van der Waals surface area contributed by atoms with Gasteiger partial charge in [0, 0.05) is 17.3 Å². The summed E-state index contributed by atoms with van der Waals surface area (Å²) >= 11 is 0. The van der Waals surface area contributed by atoms with Crippen molar-refractivity contribution in [3.05, 3.63) is 35.5 Å². The third-order valence-electron chi connectivity index (χ3n) is 10.3. The molecule has 2 aliphatic heterocycles. The van der Waals surface area contributed by atoms with Crippen LogP contribution in [-0.2, 0) is 28.6 Å². The molecule has 0 aromatic carbocycles. The van der Waals surface area contributed by atoms with Gasteiger partial charge in [-0.05, 0) is 50.7 Å². The highest BCUT2D eigenvalue weighted by molar-refractivity contribution is 5.96. The molecule has 5 rings (SSSR count). The summed E-state index contributed by atoms with van der Waals surface area (Å²) in [5.74, 6) is -6.39. The van der Waals surface area contributed by atoms with E-state index in [0.717, 1.165) is 31.3 Å². The second-order valence-corrected chi connectivity index (χ2v) is 12.4. The molecular weight excluding hydrogens is 504 g/mol. The van der Waals surface area contributed by atoms with E-state index < -0.39 is 76.5 Å². The molecule has 0 unspecified atom stereocenters. The summed E-state index contributed by atoms with van der Waals surface area (Å²) in [6, 6.07) is 0. The van der Waals surface area contributed by atoms with Crippen LogP contribution in [0.1, 0.15) is 66.2 Å². The SMILES string of the molecule is C=C1[C@H](O)[C@@]2(O)OC[C@@]34[C@@H](C[C@H]5C(C)=CC(=O)[C@@H](O)[C@]5(C)[C@H]23)OC(=O)[C@H](OC(=O)C/C=C(\C)CCCCC)[C@H]14. The van der Waals surface area contributed by atoms with Crippen molar-refractivity contribution in [2.45, 2.75) is 96.4 Å². The lowest BCUT2D eigenvalue weighted by Gasteiger charge is -2.67. The van der Waals surface area contributed by atoms with Crippen LogP contribution in [-0.4, -0.2) is 69.9 Å².